The molecule has 1 atom stereocenters. The third kappa shape index (κ3) is 4.72. The van der Waals surface area contributed by atoms with Gasteiger partial charge in [-0.15, -0.1) is 10.2 Å². The molecule has 2 rings (SSSR count). The Bertz CT molecular complexity index is 809. The van der Waals surface area contributed by atoms with Crippen LogP contribution in [-0.2, 0) is 4.79 Å². The molecule has 25 heavy (non-hydrogen) atoms. The normalized spacial score (nSPS) is 11.7. The fraction of sp³-hybridized carbons (Fsp3) is 0.375. The van der Waals surface area contributed by atoms with Gasteiger partial charge in [0.05, 0.1) is 25.2 Å². The zero-order valence-corrected chi connectivity index (χ0v) is 15.3. The molecule has 1 aromatic heterocycles. The van der Waals surface area contributed by atoms with Gasteiger partial charge in [-0.3, -0.25) is 14.6 Å². The van der Waals surface area contributed by atoms with E-state index in [0.29, 0.717) is 28.8 Å². The topological polar surface area (TPSA) is 106 Å². The number of carbonyl (C=O) groups excluding carboxylic acids is 1. The second-order valence-corrected chi connectivity index (χ2v) is 6.31. The number of methoxy groups -OCH3 is 2. The fourth-order valence-electron chi connectivity index (χ4n) is 2.01. The highest BCUT2D eigenvalue weighted by atomic mass is 32.2. The number of aromatic amines is 1. The molecule has 0 saturated heterocycles. The van der Waals surface area contributed by atoms with Crippen LogP contribution in [0.25, 0.3) is 0 Å². The van der Waals surface area contributed by atoms with E-state index >= 15 is 0 Å². The van der Waals surface area contributed by atoms with E-state index < -0.39 is 5.25 Å². The number of amides is 1. The number of nitrogens with zero attached hydrogens (tertiary/aromatic N) is 2. The molecular weight excluding hydrogens is 344 g/mol. The molecule has 0 radical (unpaired) electrons. The van der Waals surface area contributed by atoms with E-state index in [0.717, 1.165) is 11.8 Å². The average Bonchev–Trinajstić information content (AvgIpc) is 2.62. The highest BCUT2D eigenvalue weighted by Gasteiger charge is 2.21. The number of anilines is 1. The van der Waals surface area contributed by atoms with Gasteiger partial charge in [-0.1, -0.05) is 18.7 Å². The molecule has 1 amide bonds. The Morgan fingerprint density at radius 3 is 2.68 bits per heavy atom. The van der Waals surface area contributed by atoms with Crippen LogP contribution in [0.3, 0.4) is 0 Å². The van der Waals surface area contributed by atoms with Crippen molar-refractivity contribution in [3.05, 3.63) is 34.2 Å². The first kappa shape index (κ1) is 18.8. The number of benzene rings is 1. The molecule has 0 aliphatic heterocycles. The minimum atomic E-state index is -0.455. The summed E-state index contributed by atoms with van der Waals surface area (Å²) in [7, 11) is 3.07. The minimum Gasteiger partial charge on any atom is -0.497 e. The minimum absolute atomic E-state index is 0.234. The number of aromatic nitrogens is 3. The molecular formula is C16H20N4O4S. The van der Waals surface area contributed by atoms with Crippen LogP contribution in [0.4, 0.5) is 5.69 Å². The maximum absolute atomic E-state index is 12.6. The molecule has 1 aromatic carbocycles. The number of nitrogens with one attached hydrogen (secondary N) is 2. The monoisotopic (exact) mass is 364 g/mol. The third-order valence-corrected chi connectivity index (χ3v) is 4.66. The van der Waals surface area contributed by atoms with Crippen LogP contribution in [0.5, 0.6) is 11.5 Å². The third-order valence-electron chi connectivity index (χ3n) is 3.42. The zero-order chi connectivity index (χ0) is 18.4. The summed E-state index contributed by atoms with van der Waals surface area (Å²) < 4.78 is 10.4. The van der Waals surface area contributed by atoms with Crippen LogP contribution < -0.4 is 20.3 Å². The van der Waals surface area contributed by atoms with Crippen LogP contribution >= 0.6 is 11.8 Å². The van der Waals surface area contributed by atoms with Crippen molar-refractivity contribution in [2.24, 2.45) is 0 Å². The SMILES string of the molecule is CCC(Sc1nnc(C)c(=O)[nH]1)C(=O)Nc1cc(OC)ccc1OC. The van der Waals surface area contributed by atoms with Crippen molar-refractivity contribution >= 4 is 23.4 Å². The van der Waals surface area contributed by atoms with E-state index in [9.17, 15) is 9.59 Å². The second-order valence-electron chi connectivity index (χ2n) is 5.11. The Morgan fingerprint density at radius 1 is 1.32 bits per heavy atom. The Hall–Kier alpha value is -2.55. The summed E-state index contributed by atoms with van der Waals surface area (Å²) in [6, 6.07) is 5.14. The second kappa shape index (κ2) is 8.52. The van der Waals surface area contributed by atoms with Gasteiger partial charge in [0.25, 0.3) is 5.56 Å². The summed E-state index contributed by atoms with van der Waals surface area (Å²) in [6.07, 6.45) is 0.542. The van der Waals surface area contributed by atoms with Gasteiger partial charge in [-0.2, -0.15) is 0 Å². The molecule has 8 nitrogen and oxygen atoms in total. The summed E-state index contributed by atoms with van der Waals surface area (Å²) in [5.74, 6) is 0.894. The maximum atomic E-state index is 12.6. The van der Waals surface area contributed by atoms with E-state index in [-0.39, 0.29) is 17.2 Å². The number of ether oxygens (including phenoxy) is 2. The molecule has 2 aromatic rings. The highest BCUT2D eigenvalue weighted by Crippen LogP contribution is 2.30. The van der Waals surface area contributed by atoms with E-state index in [1.54, 1.807) is 32.2 Å². The van der Waals surface area contributed by atoms with Crippen molar-refractivity contribution in [2.75, 3.05) is 19.5 Å². The molecule has 0 fully saturated rings. The van der Waals surface area contributed by atoms with Gasteiger partial charge < -0.3 is 14.8 Å². The van der Waals surface area contributed by atoms with Gasteiger partial charge >= 0.3 is 0 Å². The van der Waals surface area contributed by atoms with Gasteiger partial charge in [0, 0.05) is 6.07 Å². The number of carbonyl (C=O) groups is 1. The molecule has 2 N–H and O–H groups in total. The van der Waals surface area contributed by atoms with E-state index in [4.69, 9.17) is 9.47 Å². The van der Waals surface area contributed by atoms with Crippen molar-refractivity contribution in [3.63, 3.8) is 0 Å². The number of hydrogen-bond donors (Lipinski definition) is 2. The molecule has 1 heterocycles. The largest absolute Gasteiger partial charge is 0.497 e. The van der Waals surface area contributed by atoms with Crippen LogP contribution in [0, 0.1) is 6.92 Å². The Kier molecular flexibility index (Phi) is 6.40. The van der Waals surface area contributed by atoms with Crippen molar-refractivity contribution in [2.45, 2.75) is 30.7 Å². The van der Waals surface area contributed by atoms with Gasteiger partial charge in [-0.25, -0.2) is 0 Å². The number of aryl methyl sites for hydroxylation is 1. The first-order chi connectivity index (χ1) is 12.0. The molecule has 134 valence electrons. The lowest BCUT2D eigenvalue weighted by Crippen LogP contribution is -2.26. The Labute approximate surface area is 149 Å². The summed E-state index contributed by atoms with van der Waals surface area (Å²) >= 11 is 1.15. The zero-order valence-electron chi connectivity index (χ0n) is 14.5. The molecule has 0 aliphatic rings. The molecule has 0 aliphatic carbocycles. The summed E-state index contributed by atoms with van der Waals surface area (Å²) in [5.41, 5.74) is 0.472. The van der Waals surface area contributed by atoms with E-state index in [1.807, 2.05) is 6.92 Å². The van der Waals surface area contributed by atoms with Crippen LogP contribution in [0.15, 0.2) is 28.2 Å². The quantitative estimate of drug-likeness (QED) is 0.724. The van der Waals surface area contributed by atoms with Crippen molar-refractivity contribution < 1.29 is 14.3 Å². The smallest absolute Gasteiger partial charge is 0.273 e. The first-order valence-electron chi connectivity index (χ1n) is 7.61. The van der Waals surface area contributed by atoms with Crippen molar-refractivity contribution in [1.82, 2.24) is 15.2 Å². The molecule has 0 spiro atoms. The van der Waals surface area contributed by atoms with Gasteiger partial charge in [0.15, 0.2) is 5.16 Å². The van der Waals surface area contributed by atoms with Gasteiger partial charge in [0.2, 0.25) is 5.91 Å². The summed E-state index contributed by atoms with van der Waals surface area (Å²) in [5, 5.41) is 10.4. The van der Waals surface area contributed by atoms with Crippen LogP contribution in [0.1, 0.15) is 19.0 Å². The summed E-state index contributed by atoms with van der Waals surface area (Å²) in [4.78, 5) is 26.8. The molecule has 0 saturated carbocycles. The predicted molar refractivity (Wildman–Crippen MR) is 95.5 cm³/mol. The molecule has 0 bridgehead atoms. The predicted octanol–water partition coefficient (Wildman–Crippen LogP) is 2.00. The lowest BCUT2D eigenvalue weighted by Gasteiger charge is -2.16. The number of H-pyrrole nitrogens is 1. The van der Waals surface area contributed by atoms with Crippen molar-refractivity contribution in [1.29, 1.82) is 0 Å². The molecule has 1 unspecified atom stereocenters. The summed E-state index contributed by atoms with van der Waals surface area (Å²) in [6.45, 7) is 3.44. The Balaban J connectivity index is 2.17. The fourth-order valence-corrected chi connectivity index (χ4v) is 2.86. The average molecular weight is 364 g/mol. The standard InChI is InChI=1S/C16H20N4O4S/c1-5-13(25-16-18-14(21)9(2)19-20-16)15(22)17-11-8-10(23-3)6-7-12(11)24-4/h6-8,13H,5H2,1-4H3,(H,17,22)(H,18,20,21). The lowest BCUT2D eigenvalue weighted by molar-refractivity contribution is -0.115. The highest BCUT2D eigenvalue weighted by molar-refractivity contribution is 8.00. The molecule has 9 heteroatoms. The number of thioether (sulfide) groups is 1. The van der Waals surface area contributed by atoms with Gasteiger partial charge in [0.1, 0.15) is 17.2 Å². The Morgan fingerprint density at radius 2 is 2.08 bits per heavy atom. The van der Waals surface area contributed by atoms with Crippen LogP contribution in [-0.4, -0.2) is 40.6 Å². The maximum Gasteiger partial charge on any atom is 0.273 e. The van der Waals surface area contributed by atoms with Crippen LogP contribution in [0.2, 0.25) is 0 Å². The lowest BCUT2D eigenvalue weighted by atomic mass is 10.2. The van der Waals surface area contributed by atoms with E-state index in [2.05, 4.69) is 20.5 Å². The number of hydrogen-bond acceptors (Lipinski definition) is 7. The number of rotatable bonds is 7. The van der Waals surface area contributed by atoms with E-state index in [1.165, 1.54) is 7.11 Å². The first-order valence-corrected chi connectivity index (χ1v) is 8.49. The van der Waals surface area contributed by atoms with Gasteiger partial charge in [-0.05, 0) is 25.5 Å². The van der Waals surface area contributed by atoms with Crippen molar-refractivity contribution in [3.8, 4) is 11.5 Å².